The largest absolute Gasteiger partial charge is 0.483 e. The molecule has 1 amide bonds. The Morgan fingerprint density at radius 3 is 2.91 bits per heavy atom. The lowest BCUT2D eigenvalue weighted by atomic mass is 9.95. The maximum atomic E-state index is 12.0. The van der Waals surface area contributed by atoms with Crippen LogP contribution in [0.25, 0.3) is 0 Å². The van der Waals surface area contributed by atoms with Crippen molar-refractivity contribution in [1.82, 2.24) is 10.3 Å². The van der Waals surface area contributed by atoms with Crippen LogP contribution in [0.5, 0.6) is 5.75 Å². The monoisotopic (exact) mass is 314 g/mol. The summed E-state index contributed by atoms with van der Waals surface area (Å²) >= 11 is 0. The van der Waals surface area contributed by atoms with Gasteiger partial charge in [-0.2, -0.15) is 0 Å². The van der Waals surface area contributed by atoms with Gasteiger partial charge in [0, 0.05) is 24.0 Å². The molecule has 1 N–H and O–H groups in total. The third kappa shape index (κ3) is 4.57. The number of rotatable bonds is 6. The van der Waals surface area contributed by atoms with Crippen LogP contribution in [0.4, 0.5) is 0 Å². The van der Waals surface area contributed by atoms with Crippen molar-refractivity contribution < 1.29 is 9.53 Å². The Bertz CT molecular complexity index is 581. The van der Waals surface area contributed by atoms with Gasteiger partial charge in [0.25, 0.3) is 5.91 Å². The fourth-order valence-electron chi connectivity index (χ4n) is 3.42. The minimum Gasteiger partial charge on any atom is -0.483 e. The smallest absolute Gasteiger partial charge is 0.257 e. The Labute approximate surface area is 138 Å². The average Bonchev–Trinajstić information content (AvgIpc) is 2.61. The predicted molar refractivity (Wildman–Crippen MR) is 90.6 cm³/mol. The summed E-state index contributed by atoms with van der Waals surface area (Å²) in [5.41, 5.74) is 3.82. The molecule has 0 saturated carbocycles. The zero-order valence-electron chi connectivity index (χ0n) is 13.8. The van der Waals surface area contributed by atoms with Gasteiger partial charge in [0.1, 0.15) is 5.75 Å². The van der Waals surface area contributed by atoms with E-state index in [0.717, 1.165) is 30.7 Å². The third-order valence-electron chi connectivity index (χ3n) is 4.70. The highest BCUT2D eigenvalue weighted by Crippen LogP contribution is 2.27. The first kappa shape index (κ1) is 16.0. The number of nitrogens with one attached hydrogen (secondary N) is 1. The van der Waals surface area contributed by atoms with Gasteiger partial charge in [0.2, 0.25) is 0 Å². The molecule has 4 heteroatoms. The summed E-state index contributed by atoms with van der Waals surface area (Å²) in [6, 6.07) is 1.88. The number of pyridine rings is 1. The molecule has 1 aromatic heterocycles. The average molecular weight is 314 g/mol. The van der Waals surface area contributed by atoms with Crippen LogP contribution in [-0.4, -0.2) is 24.0 Å². The van der Waals surface area contributed by atoms with E-state index in [1.54, 1.807) is 6.20 Å². The number of hydrogen-bond acceptors (Lipinski definition) is 3. The molecule has 124 valence electrons. The van der Waals surface area contributed by atoms with Crippen LogP contribution >= 0.6 is 0 Å². The fourth-order valence-corrected chi connectivity index (χ4v) is 3.42. The van der Waals surface area contributed by atoms with Gasteiger partial charge < -0.3 is 10.1 Å². The number of allylic oxidation sites excluding steroid dienone is 1. The Balaban J connectivity index is 1.43. The summed E-state index contributed by atoms with van der Waals surface area (Å²) in [4.78, 5) is 16.4. The van der Waals surface area contributed by atoms with Crippen molar-refractivity contribution in [2.75, 3.05) is 13.2 Å². The molecule has 0 aliphatic heterocycles. The normalized spacial score (nSPS) is 17.1. The van der Waals surface area contributed by atoms with Crippen molar-refractivity contribution in [3.05, 3.63) is 35.2 Å². The molecule has 1 heterocycles. The second-order valence-corrected chi connectivity index (χ2v) is 6.44. The molecule has 4 nitrogen and oxygen atoms in total. The van der Waals surface area contributed by atoms with E-state index in [1.807, 2.05) is 6.07 Å². The Morgan fingerprint density at radius 1 is 1.17 bits per heavy atom. The quantitative estimate of drug-likeness (QED) is 0.819. The second kappa shape index (κ2) is 8.14. The minimum atomic E-state index is -0.0391. The van der Waals surface area contributed by atoms with E-state index in [2.05, 4.69) is 16.4 Å². The van der Waals surface area contributed by atoms with Crippen LogP contribution in [0.15, 0.2) is 23.9 Å². The lowest BCUT2D eigenvalue weighted by molar-refractivity contribution is -0.123. The van der Waals surface area contributed by atoms with E-state index in [0.29, 0.717) is 6.54 Å². The molecule has 0 atom stereocenters. The number of hydrogen-bond donors (Lipinski definition) is 1. The van der Waals surface area contributed by atoms with Gasteiger partial charge in [-0.3, -0.25) is 9.78 Å². The first-order valence-corrected chi connectivity index (χ1v) is 8.87. The predicted octanol–water partition coefficient (Wildman–Crippen LogP) is 3.35. The summed E-state index contributed by atoms with van der Waals surface area (Å²) in [6.45, 7) is 0.804. The fraction of sp³-hybridized carbons (Fsp3) is 0.579. The molecule has 0 bridgehead atoms. The van der Waals surface area contributed by atoms with E-state index in [9.17, 15) is 4.79 Å². The molecule has 0 radical (unpaired) electrons. The molecular weight excluding hydrogens is 288 g/mol. The maximum Gasteiger partial charge on any atom is 0.257 e. The van der Waals surface area contributed by atoms with Gasteiger partial charge in [-0.15, -0.1) is 0 Å². The SMILES string of the molecule is O=C(COc1ccnc2c1CCCC2)NCCC1=CCCCC1. The number of fused-ring (bicyclic) bond motifs is 1. The summed E-state index contributed by atoms with van der Waals surface area (Å²) in [5, 5.41) is 2.96. The Kier molecular flexibility index (Phi) is 5.67. The summed E-state index contributed by atoms with van der Waals surface area (Å²) < 4.78 is 5.74. The van der Waals surface area contributed by atoms with Crippen molar-refractivity contribution in [2.24, 2.45) is 0 Å². The molecule has 0 aromatic carbocycles. The number of carbonyl (C=O) groups is 1. The number of nitrogens with zero attached hydrogens (tertiary/aromatic N) is 1. The number of amides is 1. The second-order valence-electron chi connectivity index (χ2n) is 6.44. The van der Waals surface area contributed by atoms with E-state index in [-0.39, 0.29) is 12.5 Å². The molecule has 23 heavy (non-hydrogen) atoms. The van der Waals surface area contributed by atoms with Crippen LogP contribution in [0.1, 0.15) is 56.2 Å². The topological polar surface area (TPSA) is 51.2 Å². The van der Waals surface area contributed by atoms with Gasteiger partial charge in [-0.05, 0) is 63.9 Å². The molecule has 0 saturated heterocycles. The van der Waals surface area contributed by atoms with Crippen LogP contribution < -0.4 is 10.1 Å². The number of aryl methyl sites for hydroxylation is 1. The molecule has 0 unspecified atom stereocenters. The van der Waals surface area contributed by atoms with Crippen LogP contribution in [-0.2, 0) is 17.6 Å². The van der Waals surface area contributed by atoms with E-state index < -0.39 is 0 Å². The van der Waals surface area contributed by atoms with Crippen molar-refractivity contribution in [3.8, 4) is 5.75 Å². The molecule has 0 spiro atoms. The van der Waals surface area contributed by atoms with Gasteiger partial charge >= 0.3 is 0 Å². The highest BCUT2D eigenvalue weighted by molar-refractivity contribution is 5.77. The Hall–Kier alpha value is -1.84. The number of ether oxygens (including phenoxy) is 1. The van der Waals surface area contributed by atoms with Crippen molar-refractivity contribution in [1.29, 1.82) is 0 Å². The molecular formula is C19H26N2O2. The van der Waals surface area contributed by atoms with Gasteiger partial charge in [0.15, 0.2) is 6.61 Å². The highest BCUT2D eigenvalue weighted by atomic mass is 16.5. The molecule has 2 aliphatic carbocycles. The Morgan fingerprint density at radius 2 is 2.04 bits per heavy atom. The summed E-state index contributed by atoms with van der Waals surface area (Å²) in [7, 11) is 0. The zero-order valence-corrected chi connectivity index (χ0v) is 13.8. The summed E-state index contributed by atoms with van der Waals surface area (Å²) in [6.07, 6.45) is 14.5. The van der Waals surface area contributed by atoms with E-state index in [1.165, 1.54) is 49.7 Å². The maximum absolute atomic E-state index is 12.0. The number of aromatic nitrogens is 1. The van der Waals surface area contributed by atoms with Gasteiger partial charge in [0.05, 0.1) is 0 Å². The van der Waals surface area contributed by atoms with Crippen molar-refractivity contribution in [2.45, 2.75) is 57.8 Å². The molecule has 1 aromatic rings. The van der Waals surface area contributed by atoms with E-state index in [4.69, 9.17) is 4.74 Å². The molecule has 0 fully saturated rings. The van der Waals surface area contributed by atoms with Crippen molar-refractivity contribution >= 4 is 5.91 Å². The van der Waals surface area contributed by atoms with Crippen LogP contribution in [0.2, 0.25) is 0 Å². The van der Waals surface area contributed by atoms with Crippen LogP contribution in [0, 0.1) is 0 Å². The van der Waals surface area contributed by atoms with E-state index >= 15 is 0 Å². The van der Waals surface area contributed by atoms with Gasteiger partial charge in [-0.1, -0.05) is 11.6 Å². The lowest BCUT2D eigenvalue weighted by Crippen LogP contribution is -2.30. The minimum absolute atomic E-state index is 0.0391. The standard InChI is InChI=1S/C19H26N2O2/c22-19(21-12-10-15-6-2-1-3-7-15)14-23-18-11-13-20-17-9-5-4-8-16(17)18/h6,11,13H,1-5,7-10,12,14H2,(H,21,22). The first-order valence-electron chi connectivity index (χ1n) is 8.87. The first-order chi connectivity index (χ1) is 11.3. The third-order valence-corrected chi connectivity index (χ3v) is 4.70. The van der Waals surface area contributed by atoms with Crippen molar-refractivity contribution in [3.63, 3.8) is 0 Å². The zero-order chi connectivity index (χ0) is 15.9. The lowest BCUT2D eigenvalue weighted by Gasteiger charge is -2.18. The molecule has 2 aliphatic rings. The summed E-state index contributed by atoms with van der Waals surface area (Å²) in [5.74, 6) is 0.794. The van der Waals surface area contributed by atoms with Crippen LogP contribution in [0.3, 0.4) is 0 Å². The van der Waals surface area contributed by atoms with Gasteiger partial charge in [-0.25, -0.2) is 0 Å². The molecule has 3 rings (SSSR count). The highest BCUT2D eigenvalue weighted by Gasteiger charge is 2.15. The number of carbonyl (C=O) groups excluding carboxylic acids is 1.